The maximum Gasteiger partial charge on any atom is 0.264 e. The highest BCUT2D eigenvalue weighted by Gasteiger charge is 2.23. The van der Waals surface area contributed by atoms with E-state index in [0.29, 0.717) is 12.1 Å². The number of aromatic nitrogens is 1. The van der Waals surface area contributed by atoms with Crippen molar-refractivity contribution in [2.75, 3.05) is 4.72 Å². The van der Waals surface area contributed by atoms with Gasteiger partial charge in [0.2, 0.25) is 0 Å². The van der Waals surface area contributed by atoms with Crippen LogP contribution < -0.4 is 4.72 Å². The van der Waals surface area contributed by atoms with Crippen LogP contribution in [0, 0.1) is 23.0 Å². The lowest BCUT2D eigenvalue weighted by atomic mass is 10.2. The van der Waals surface area contributed by atoms with Gasteiger partial charge < -0.3 is 0 Å². The van der Waals surface area contributed by atoms with Gasteiger partial charge in [0.25, 0.3) is 10.0 Å². The van der Waals surface area contributed by atoms with Gasteiger partial charge in [-0.15, -0.1) is 0 Å². The van der Waals surface area contributed by atoms with Crippen LogP contribution in [0.5, 0.6) is 0 Å². The van der Waals surface area contributed by atoms with Gasteiger partial charge >= 0.3 is 0 Å². The fraction of sp³-hybridized carbons (Fsp3) is 0. The van der Waals surface area contributed by atoms with Crippen molar-refractivity contribution >= 4 is 26.6 Å². The first-order valence-electron chi connectivity index (χ1n) is 6.51. The molecule has 0 saturated heterocycles. The van der Waals surface area contributed by atoms with Gasteiger partial charge in [0.1, 0.15) is 22.6 Å². The number of rotatable bonds is 3. The summed E-state index contributed by atoms with van der Waals surface area (Å²) in [5.41, 5.74) is -1.22. The SMILES string of the molecule is N#Cc1cc(F)c(NS(=O)(=O)c2cn(F)c3ccccc23)cc1F. The predicted molar refractivity (Wildman–Crippen MR) is 80.3 cm³/mol. The zero-order valence-electron chi connectivity index (χ0n) is 11.8. The Morgan fingerprint density at radius 2 is 1.83 bits per heavy atom. The highest BCUT2D eigenvalue weighted by Crippen LogP contribution is 2.28. The summed E-state index contributed by atoms with van der Waals surface area (Å²) >= 11 is 0. The minimum Gasteiger partial charge on any atom is -0.276 e. The van der Waals surface area contributed by atoms with Gasteiger partial charge in [-0.05, 0) is 12.1 Å². The van der Waals surface area contributed by atoms with E-state index in [1.807, 2.05) is 4.72 Å². The van der Waals surface area contributed by atoms with Crippen LogP contribution in [-0.2, 0) is 10.0 Å². The molecule has 1 heterocycles. The van der Waals surface area contributed by atoms with Crippen LogP contribution in [0.4, 0.5) is 18.9 Å². The molecule has 0 aliphatic rings. The van der Waals surface area contributed by atoms with Gasteiger partial charge in [-0.1, -0.05) is 22.7 Å². The van der Waals surface area contributed by atoms with Gasteiger partial charge in [-0.25, -0.2) is 17.2 Å². The molecule has 122 valence electrons. The van der Waals surface area contributed by atoms with Crippen LogP contribution in [-0.4, -0.2) is 13.2 Å². The average Bonchev–Trinajstić information content (AvgIpc) is 2.89. The molecular weight excluding hydrogens is 343 g/mol. The molecular formula is C15H8F3N3O2S. The van der Waals surface area contributed by atoms with E-state index < -0.39 is 37.8 Å². The molecule has 0 fully saturated rings. The number of sulfonamides is 1. The van der Waals surface area contributed by atoms with E-state index in [2.05, 4.69) is 0 Å². The van der Waals surface area contributed by atoms with E-state index in [1.165, 1.54) is 30.3 Å². The number of hydrogen-bond donors (Lipinski definition) is 1. The second-order valence-corrected chi connectivity index (χ2v) is 6.50. The van der Waals surface area contributed by atoms with E-state index in [-0.39, 0.29) is 15.7 Å². The van der Waals surface area contributed by atoms with E-state index >= 15 is 0 Å². The maximum absolute atomic E-state index is 13.9. The molecule has 0 atom stereocenters. The molecule has 1 aromatic heterocycles. The number of nitrogens with zero attached hydrogens (tertiary/aromatic N) is 2. The van der Waals surface area contributed by atoms with Crippen molar-refractivity contribution in [2.45, 2.75) is 4.90 Å². The van der Waals surface area contributed by atoms with Crippen LogP contribution in [0.3, 0.4) is 0 Å². The Labute approximate surface area is 134 Å². The first-order valence-corrected chi connectivity index (χ1v) is 8.00. The third-order valence-corrected chi connectivity index (χ3v) is 4.73. The minimum absolute atomic E-state index is 0.0179. The molecule has 0 aliphatic carbocycles. The molecule has 0 spiro atoms. The predicted octanol–water partition coefficient (Wildman–Crippen LogP) is 3.32. The summed E-state index contributed by atoms with van der Waals surface area (Å²) in [6.07, 6.45) is 0.727. The molecule has 3 rings (SSSR count). The van der Waals surface area contributed by atoms with E-state index in [4.69, 9.17) is 5.26 Å². The molecule has 9 heteroatoms. The van der Waals surface area contributed by atoms with Crippen LogP contribution in [0.15, 0.2) is 47.5 Å². The lowest BCUT2D eigenvalue weighted by Crippen LogP contribution is -2.14. The molecule has 1 N–H and O–H groups in total. The standard InChI is InChI=1S/C15H8F3N3O2S/c16-11-6-13(12(17)5-9(11)7-19)20-24(22,23)15-8-21(18)14-4-2-1-3-10(14)15/h1-6,8,20H. The first-order chi connectivity index (χ1) is 11.3. The summed E-state index contributed by atoms with van der Waals surface area (Å²) in [6.45, 7) is 0. The summed E-state index contributed by atoms with van der Waals surface area (Å²) in [5, 5.41) is 8.71. The third-order valence-electron chi connectivity index (χ3n) is 3.34. The molecule has 3 aromatic rings. The zero-order valence-corrected chi connectivity index (χ0v) is 12.6. The topological polar surface area (TPSA) is 74.9 Å². The summed E-state index contributed by atoms with van der Waals surface area (Å²) in [7, 11) is -4.38. The zero-order chi connectivity index (χ0) is 17.5. The Bertz CT molecular complexity index is 1100. The Kier molecular flexibility index (Phi) is 3.69. The van der Waals surface area contributed by atoms with E-state index in [1.54, 1.807) is 0 Å². The number of anilines is 1. The van der Waals surface area contributed by atoms with Crippen LogP contribution >= 0.6 is 0 Å². The smallest absolute Gasteiger partial charge is 0.264 e. The second kappa shape index (κ2) is 5.58. The molecule has 0 amide bonds. The quantitative estimate of drug-likeness (QED) is 0.786. The lowest BCUT2D eigenvalue weighted by Gasteiger charge is -2.09. The molecule has 0 saturated carbocycles. The summed E-state index contributed by atoms with van der Waals surface area (Å²) in [4.78, 5) is -0.302. The summed E-state index contributed by atoms with van der Waals surface area (Å²) < 4.78 is 67.9. The molecule has 2 aromatic carbocycles. The van der Waals surface area contributed by atoms with Crippen molar-refractivity contribution in [2.24, 2.45) is 0 Å². The Hall–Kier alpha value is -2.99. The van der Waals surface area contributed by atoms with Gasteiger partial charge in [0.05, 0.1) is 23.0 Å². The number of hydrogen-bond acceptors (Lipinski definition) is 3. The van der Waals surface area contributed by atoms with Crippen molar-refractivity contribution < 1.29 is 21.7 Å². The normalized spacial score (nSPS) is 11.4. The number of nitriles is 1. The molecule has 0 bridgehead atoms. The highest BCUT2D eigenvalue weighted by molar-refractivity contribution is 7.93. The van der Waals surface area contributed by atoms with Crippen LogP contribution in [0.2, 0.25) is 0 Å². The van der Waals surface area contributed by atoms with Gasteiger partial charge in [0, 0.05) is 11.5 Å². The fourth-order valence-corrected chi connectivity index (χ4v) is 3.48. The fourth-order valence-electron chi connectivity index (χ4n) is 2.23. The largest absolute Gasteiger partial charge is 0.276 e. The Balaban J connectivity index is 2.09. The monoisotopic (exact) mass is 351 g/mol. The van der Waals surface area contributed by atoms with E-state index in [0.717, 1.165) is 6.20 Å². The lowest BCUT2D eigenvalue weighted by molar-refractivity contribution is 0.385. The summed E-state index contributed by atoms with van der Waals surface area (Å²) in [6, 6.07) is 8.37. The average molecular weight is 351 g/mol. The van der Waals surface area contributed by atoms with Crippen molar-refractivity contribution in [1.82, 2.24) is 4.79 Å². The number of para-hydroxylation sites is 1. The molecule has 0 unspecified atom stereocenters. The van der Waals surface area contributed by atoms with Crippen molar-refractivity contribution in [3.05, 3.63) is 59.8 Å². The van der Waals surface area contributed by atoms with Gasteiger partial charge in [-0.3, -0.25) is 4.72 Å². The Morgan fingerprint density at radius 3 is 2.54 bits per heavy atom. The molecule has 0 radical (unpaired) electrons. The Morgan fingerprint density at radius 1 is 1.12 bits per heavy atom. The minimum atomic E-state index is -4.38. The third kappa shape index (κ3) is 2.57. The van der Waals surface area contributed by atoms with E-state index in [9.17, 15) is 21.7 Å². The number of benzene rings is 2. The van der Waals surface area contributed by atoms with Crippen molar-refractivity contribution in [3.63, 3.8) is 0 Å². The number of halogens is 3. The first kappa shape index (κ1) is 15.9. The molecule has 24 heavy (non-hydrogen) atoms. The highest BCUT2D eigenvalue weighted by atomic mass is 32.2. The van der Waals surface area contributed by atoms with Gasteiger partial charge in [-0.2, -0.15) is 10.1 Å². The molecule has 0 aliphatic heterocycles. The van der Waals surface area contributed by atoms with Gasteiger partial charge in [0.15, 0.2) is 0 Å². The second-order valence-electron chi connectivity index (χ2n) is 4.85. The number of nitrogens with one attached hydrogen (secondary N) is 1. The molecule has 5 nitrogen and oxygen atoms in total. The van der Waals surface area contributed by atoms with Crippen molar-refractivity contribution in [1.29, 1.82) is 5.26 Å². The number of fused-ring (bicyclic) bond motifs is 1. The maximum atomic E-state index is 13.9. The van der Waals surface area contributed by atoms with Crippen molar-refractivity contribution in [3.8, 4) is 6.07 Å². The van der Waals surface area contributed by atoms with Crippen LogP contribution in [0.25, 0.3) is 10.9 Å². The summed E-state index contributed by atoms with van der Waals surface area (Å²) in [5.74, 6) is -2.20. The van der Waals surface area contributed by atoms with Crippen LogP contribution in [0.1, 0.15) is 5.56 Å².